The molecular weight excluding hydrogens is 1420 g/mol. The fraction of sp³-hybridized carbons (Fsp3) is 0.227. The van der Waals surface area contributed by atoms with Crippen LogP contribution in [-0.2, 0) is 19.2 Å². The average Bonchev–Trinajstić information content (AvgIpc) is 1.61. The molecule has 7 aromatic heterocycles. The minimum absolute atomic E-state index is 0. The van der Waals surface area contributed by atoms with Crippen molar-refractivity contribution in [2.75, 3.05) is 29.5 Å². The van der Waals surface area contributed by atoms with Crippen LogP contribution < -0.4 is 37.5 Å². The molecule has 6 amide bonds. The van der Waals surface area contributed by atoms with Crippen molar-refractivity contribution >= 4 is 151 Å². The van der Waals surface area contributed by atoms with Crippen LogP contribution in [0.15, 0.2) is 154 Å². The molecule has 0 bridgehead atoms. The molecule has 10 aromatic rings. The number of hydrazone groups is 3. The molecule has 4 fully saturated rings. The van der Waals surface area contributed by atoms with E-state index in [-0.39, 0.29) is 108 Å². The Morgan fingerprint density at radius 1 is 0.505 bits per heavy atom. The molecule has 103 heavy (non-hydrogen) atoms. The number of nitrogens with zero attached hydrogens (tertiary/aromatic N) is 7. The highest BCUT2D eigenvalue weighted by molar-refractivity contribution is 9.10. The molecule has 28 heteroatoms. The van der Waals surface area contributed by atoms with Gasteiger partial charge >= 0.3 is 5.97 Å². The first kappa shape index (κ1) is 71.2. The minimum Gasteiger partial charge on any atom is -0.481 e. The van der Waals surface area contributed by atoms with Crippen LogP contribution in [0, 0.1) is 47.4 Å². The smallest absolute Gasteiger partial charge is 0.307 e. The normalized spacial score (nSPS) is 19.7. The van der Waals surface area contributed by atoms with Gasteiger partial charge in [0.05, 0.1) is 63.8 Å². The minimum atomic E-state index is -0.691. The number of H-pyrrole nitrogens is 3. The van der Waals surface area contributed by atoms with Gasteiger partial charge in [-0.25, -0.2) is 16.3 Å². The summed E-state index contributed by atoms with van der Waals surface area (Å²) in [6.45, 7) is 2.61. The SMILES string of the molecule is CCCC#Cc1[nH]c2cc(NC(=O)C3CC3c3cccnc3)cc3c2c1C=NNC3=O.CNCC#Cc1[nH]c2cc(NC(=O)C3CC3c3cccnc3)cc3c2c1C=NNC3=O.Cl.Cl.O=C(O)C1CC1c1cccnc1.O=C1NN=Cc2c(Br)[nH]c3cc(NC(=O)C4CC4c4cccnc4)cc1c23. The van der Waals surface area contributed by atoms with Crippen molar-refractivity contribution in [2.24, 2.45) is 39.0 Å². The van der Waals surface area contributed by atoms with Gasteiger partial charge in [0.1, 0.15) is 0 Å². The highest BCUT2D eigenvalue weighted by Crippen LogP contribution is 2.51. The maximum Gasteiger partial charge on any atom is 0.307 e. The molecule has 8 atom stereocenters. The average molecular weight is 1480 g/mol. The van der Waals surface area contributed by atoms with Gasteiger partial charge in [0.2, 0.25) is 17.7 Å². The molecule has 0 saturated heterocycles. The van der Waals surface area contributed by atoms with Crippen LogP contribution in [0.25, 0.3) is 32.7 Å². The largest absolute Gasteiger partial charge is 0.481 e. The van der Waals surface area contributed by atoms with Crippen LogP contribution in [0.2, 0.25) is 0 Å². The van der Waals surface area contributed by atoms with Gasteiger partial charge in [-0.15, -0.1) is 24.8 Å². The van der Waals surface area contributed by atoms with E-state index in [0.717, 1.165) is 115 Å². The van der Waals surface area contributed by atoms with Gasteiger partial charge in [0.25, 0.3) is 17.7 Å². The highest BCUT2D eigenvalue weighted by Gasteiger charge is 2.47. The first-order valence-corrected chi connectivity index (χ1v) is 33.6. The Labute approximate surface area is 609 Å². The second-order valence-corrected chi connectivity index (χ2v) is 26.0. The first-order valence-electron chi connectivity index (χ1n) is 32.8. The molecular formula is C75H66BrCl2N17O8. The third-order valence-electron chi connectivity index (χ3n) is 18.4. The summed E-state index contributed by atoms with van der Waals surface area (Å²) in [6.07, 6.45) is 23.8. The number of carbonyl (C=O) groups is 7. The van der Waals surface area contributed by atoms with Crippen LogP contribution in [0.4, 0.5) is 17.1 Å². The number of aliphatic carboxylic acids is 1. The molecule has 3 aliphatic heterocycles. The van der Waals surface area contributed by atoms with Gasteiger partial charge in [0, 0.05) is 140 Å². The third-order valence-corrected chi connectivity index (χ3v) is 19.0. The highest BCUT2D eigenvalue weighted by atomic mass is 79.9. The molecule has 0 spiro atoms. The van der Waals surface area contributed by atoms with Crippen molar-refractivity contribution in [1.82, 2.24) is 56.5 Å². The lowest BCUT2D eigenvalue weighted by Gasteiger charge is -2.08. The summed E-state index contributed by atoms with van der Waals surface area (Å²) in [5, 5.41) is 34.8. The number of rotatable bonds is 13. The number of carbonyl (C=O) groups excluding carboxylic acids is 6. The second kappa shape index (κ2) is 31.1. The molecule has 4 saturated carbocycles. The lowest BCUT2D eigenvalue weighted by atomic mass is 10.0. The Hall–Kier alpha value is -11.7. The van der Waals surface area contributed by atoms with Crippen molar-refractivity contribution in [1.29, 1.82) is 0 Å². The van der Waals surface area contributed by atoms with Gasteiger partial charge in [-0.1, -0.05) is 43.0 Å². The number of halogens is 3. The number of nitrogens with one attached hydrogen (secondary N) is 10. The number of carboxylic acids is 1. The maximum absolute atomic E-state index is 12.8. The molecule has 7 aliphatic rings. The van der Waals surface area contributed by atoms with Crippen molar-refractivity contribution < 1.29 is 38.7 Å². The zero-order chi connectivity index (χ0) is 69.8. The maximum atomic E-state index is 12.8. The molecule has 520 valence electrons. The Morgan fingerprint density at radius 2 is 0.854 bits per heavy atom. The number of unbranched alkanes of at least 4 members (excludes halogenated alkanes) is 1. The summed E-state index contributed by atoms with van der Waals surface area (Å²) in [6, 6.07) is 26.0. The monoisotopic (exact) mass is 1480 g/mol. The van der Waals surface area contributed by atoms with Crippen LogP contribution in [0.3, 0.4) is 0 Å². The van der Waals surface area contributed by atoms with Crippen LogP contribution in [0.5, 0.6) is 0 Å². The fourth-order valence-corrected chi connectivity index (χ4v) is 13.5. The number of anilines is 3. The van der Waals surface area contributed by atoms with E-state index in [1.54, 1.807) is 80.2 Å². The number of benzene rings is 3. The zero-order valence-electron chi connectivity index (χ0n) is 55.1. The van der Waals surface area contributed by atoms with E-state index in [0.29, 0.717) is 51.7 Å². The molecule has 17 rings (SSSR count). The molecule has 8 unspecified atom stereocenters. The lowest BCUT2D eigenvalue weighted by Crippen LogP contribution is -2.18. The van der Waals surface area contributed by atoms with E-state index >= 15 is 0 Å². The number of aromatic nitrogens is 7. The third kappa shape index (κ3) is 15.6. The second-order valence-electron chi connectivity index (χ2n) is 25.2. The molecule has 11 N–H and O–H groups in total. The standard InChI is InChI=1S/C24H21N5O2.C23H20N6O2.C19H14BrN5O2.C9H9NO2.2ClH/c1-2-3-4-7-20-19-13-26-29-24(31)18-9-15(10-21(28-20)22(18)19)27-23(30)17-11-16(17)14-6-5-8-25-12-14;1-24-6-3-5-19-18-12-26-29-23(31)17-8-14(9-20(28-19)21(17)18)27-22(30)16-10-15(16)13-4-2-7-25-11-13;20-17-14-8-22-25-19(27)13-4-10(5-15(24-17)16(13)14)23-18(26)12-6-11(12)9-2-1-3-21-7-9;11-9(12)8-4-7(8)6-2-1-3-10-5-6;;/h5-6,8-10,12-13,16-17,28H,2-3,11H2,1H3,(H,27,30)(H,29,31);2,4,7-9,11-12,15-16,24,28H,6,10H2,1H3,(H,27,30)(H,29,31);1-5,7-8,11-12,24H,6H2,(H,23,26)(H,25,27);1-3,5,7-8H,4H2,(H,11,12);2*1H. The Kier molecular flexibility index (Phi) is 21.5. The van der Waals surface area contributed by atoms with Gasteiger partial charge < -0.3 is 41.3 Å². The van der Waals surface area contributed by atoms with E-state index in [1.807, 2.05) is 80.0 Å². The fourth-order valence-electron chi connectivity index (χ4n) is 13.0. The molecule has 4 aliphatic carbocycles. The van der Waals surface area contributed by atoms with Crippen LogP contribution in [0.1, 0.15) is 151 Å². The van der Waals surface area contributed by atoms with Crippen LogP contribution in [-0.4, -0.2) is 114 Å². The van der Waals surface area contributed by atoms with E-state index in [4.69, 9.17) is 5.11 Å². The number of aromatic amines is 3. The summed E-state index contributed by atoms with van der Waals surface area (Å²) in [5.74, 6) is 10.9. The summed E-state index contributed by atoms with van der Waals surface area (Å²) in [5.41, 5.74) is 20.8. The van der Waals surface area contributed by atoms with Crippen molar-refractivity contribution in [3.63, 3.8) is 0 Å². The van der Waals surface area contributed by atoms with Gasteiger partial charge in [0.15, 0.2) is 0 Å². The first-order chi connectivity index (χ1) is 49.2. The molecule has 3 aromatic carbocycles. The van der Waals surface area contributed by atoms with E-state index in [2.05, 4.69) is 134 Å². The summed E-state index contributed by atoms with van der Waals surface area (Å²) >= 11 is 3.46. The molecule has 10 heterocycles. The molecule has 0 radical (unpaired) electrons. The number of carboxylic acid groups (broad SMARTS) is 1. The van der Waals surface area contributed by atoms with E-state index in [1.165, 1.54) is 0 Å². The predicted molar refractivity (Wildman–Crippen MR) is 399 cm³/mol. The Balaban J connectivity index is 0.000000134. The van der Waals surface area contributed by atoms with E-state index in [9.17, 15) is 33.6 Å². The van der Waals surface area contributed by atoms with Crippen molar-refractivity contribution in [2.45, 2.75) is 69.1 Å². The van der Waals surface area contributed by atoms with Gasteiger partial charge in [-0.2, -0.15) is 15.3 Å². The van der Waals surface area contributed by atoms with Crippen LogP contribution >= 0.6 is 40.7 Å². The summed E-state index contributed by atoms with van der Waals surface area (Å²) < 4.78 is 0.737. The van der Waals surface area contributed by atoms with Gasteiger partial charge in [-0.3, -0.25) is 53.5 Å². The van der Waals surface area contributed by atoms with Gasteiger partial charge in [-0.05, 0) is 174 Å². The van der Waals surface area contributed by atoms with Crippen molar-refractivity contribution in [3.8, 4) is 23.7 Å². The molecule has 25 nitrogen and oxygen atoms in total. The summed E-state index contributed by atoms with van der Waals surface area (Å²) in [7, 11) is 1.82. The van der Waals surface area contributed by atoms with E-state index < -0.39 is 5.97 Å². The predicted octanol–water partition coefficient (Wildman–Crippen LogP) is 10.7. The number of amides is 6. The Morgan fingerprint density at radius 3 is 1.20 bits per heavy atom. The number of hydrogen-bond acceptors (Lipinski definition) is 15. The topological polar surface area (TPSA) is 360 Å². The lowest BCUT2D eigenvalue weighted by molar-refractivity contribution is -0.138. The summed E-state index contributed by atoms with van der Waals surface area (Å²) in [4.78, 5) is 112. The Bertz CT molecular complexity index is 5020. The zero-order valence-corrected chi connectivity index (χ0v) is 58.4. The number of pyridine rings is 4. The number of hydrogen-bond donors (Lipinski definition) is 11. The quantitative estimate of drug-likeness (QED) is 0.0479. The van der Waals surface area contributed by atoms with Crippen molar-refractivity contribution in [3.05, 3.63) is 206 Å².